The van der Waals surface area contributed by atoms with E-state index < -0.39 is 0 Å². The van der Waals surface area contributed by atoms with Crippen LogP contribution in [-0.4, -0.2) is 29.4 Å². The maximum absolute atomic E-state index is 12.3. The summed E-state index contributed by atoms with van der Waals surface area (Å²) in [6.07, 6.45) is 5.49. The number of rotatable bonds is 5. The molecule has 2 rings (SSSR count). The molecule has 1 aromatic rings. The Balaban J connectivity index is 1.93. The third-order valence-corrected chi connectivity index (χ3v) is 3.68. The minimum atomic E-state index is -0.167. The smallest absolute Gasteiger partial charge is 0.248 e. The molecule has 1 aliphatic rings. The van der Waals surface area contributed by atoms with Gasteiger partial charge in [0, 0.05) is 19.0 Å². The summed E-state index contributed by atoms with van der Waals surface area (Å²) in [7, 11) is 0. The van der Waals surface area contributed by atoms with Crippen LogP contribution < -0.4 is 5.32 Å². The first-order chi connectivity index (χ1) is 10.6. The van der Waals surface area contributed by atoms with Crippen molar-refractivity contribution in [1.82, 2.24) is 10.2 Å². The fraction of sp³-hybridized carbons (Fsp3) is 0.444. The van der Waals surface area contributed by atoms with E-state index in [1.165, 1.54) is 0 Å². The van der Waals surface area contributed by atoms with Gasteiger partial charge in [0.25, 0.3) is 0 Å². The van der Waals surface area contributed by atoms with E-state index in [0.717, 1.165) is 18.4 Å². The Kier molecular flexibility index (Phi) is 5.75. The third-order valence-electron chi connectivity index (χ3n) is 3.68. The molecule has 1 aromatic carbocycles. The molecule has 118 valence electrons. The predicted molar refractivity (Wildman–Crippen MR) is 87.8 cm³/mol. The van der Waals surface area contributed by atoms with E-state index in [0.29, 0.717) is 18.9 Å². The van der Waals surface area contributed by atoms with Gasteiger partial charge in [-0.3, -0.25) is 9.59 Å². The van der Waals surface area contributed by atoms with Crippen LogP contribution in [0.5, 0.6) is 0 Å². The molecule has 4 heteroatoms. The molecule has 22 heavy (non-hydrogen) atoms. The van der Waals surface area contributed by atoms with Gasteiger partial charge in [0.1, 0.15) is 6.17 Å². The second-order valence-electron chi connectivity index (χ2n) is 6.10. The quantitative estimate of drug-likeness (QED) is 0.850. The molecular weight excluding hydrogens is 276 g/mol. The topological polar surface area (TPSA) is 49.4 Å². The third kappa shape index (κ3) is 4.72. The van der Waals surface area contributed by atoms with Crippen LogP contribution in [0.3, 0.4) is 0 Å². The van der Waals surface area contributed by atoms with E-state index in [4.69, 9.17) is 0 Å². The van der Waals surface area contributed by atoms with Crippen molar-refractivity contribution in [3.8, 4) is 0 Å². The predicted octanol–water partition coefficient (Wildman–Crippen LogP) is 2.81. The molecule has 1 heterocycles. The van der Waals surface area contributed by atoms with Gasteiger partial charge < -0.3 is 10.2 Å². The molecule has 0 bridgehead atoms. The Morgan fingerprint density at radius 3 is 2.73 bits per heavy atom. The number of carbonyl (C=O) groups excluding carboxylic acids is 2. The molecular formula is C18H24N2O2. The molecule has 0 aromatic heterocycles. The Hall–Kier alpha value is -2.10. The average Bonchev–Trinajstić information content (AvgIpc) is 2.93. The van der Waals surface area contributed by atoms with Crippen LogP contribution >= 0.6 is 0 Å². The number of nitrogens with zero attached hydrogens (tertiary/aromatic N) is 1. The number of amides is 2. The molecule has 0 spiro atoms. The number of benzene rings is 1. The summed E-state index contributed by atoms with van der Waals surface area (Å²) in [6.45, 7) is 4.73. The summed E-state index contributed by atoms with van der Waals surface area (Å²) in [6, 6.07) is 9.73. The molecule has 0 radical (unpaired) electrons. The van der Waals surface area contributed by atoms with Gasteiger partial charge in [0.2, 0.25) is 11.8 Å². The summed E-state index contributed by atoms with van der Waals surface area (Å²) < 4.78 is 0. The first-order valence-electron chi connectivity index (χ1n) is 7.89. The molecule has 1 saturated heterocycles. The van der Waals surface area contributed by atoms with Crippen molar-refractivity contribution in [3.63, 3.8) is 0 Å². The van der Waals surface area contributed by atoms with Gasteiger partial charge in [0.15, 0.2) is 0 Å². The summed E-state index contributed by atoms with van der Waals surface area (Å²) in [5, 5.41) is 2.97. The van der Waals surface area contributed by atoms with Gasteiger partial charge in [-0.15, -0.1) is 0 Å². The number of nitrogens with one attached hydrogen (secondary N) is 1. The van der Waals surface area contributed by atoms with E-state index in [-0.39, 0.29) is 18.0 Å². The first kappa shape index (κ1) is 16.3. The monoisotopic (exact) mass is 300 g/mol. The average molecular weight is 300 g/mol. The van der Waals surface area contributed by atoms with Crippen LogP contribution in [0.2, 0.25) is 0 Å². The molecule has 2 amide bonds. The van der Waals surface area contributed by atoms with Crippen LogP contribution in [-0.2, 0) is 9.59 Å². The minimum Gasteiger partial charge on any atom is -0.336 e. The van der Waals surface area contributed by atoms with Gasteiger partial charge in [-0.1, -0.05) is 44.2 Å². The van der Waals surface area contributed by atoms with Gasteiger partial charge in [-0.25, -0.2) is 0 Å². The highest BCUT2D eigenvalue weighted by Gasteiger charge is 2.28. The van der Waals surface area contributed by atoms with Gasteiger partial charge in [-0.2, -0.15) is 0 Å². The maximum atomic E-state index is 12.3. The fourth-order valence-electron chi connectivity index (χ4n) is 2.62. The Labute approximate surface area is 132 Å². The molecule has 0 saturated carbocycles. The zero-order chi connectivity index (χ0) is 15.9. The highest BCUT2D eigenvalue weighted by molar-refractivity contribution is 5.92. The van der Waals surface area contributed by atoms with Crippen molar-refractivity contribution in [2.75, 3.05) is 6.54 Å². The lowest BCUT2D eigenvalue weighted by atomic mass is 10.1. The van der Waals surface area contributed by atoms with Crippen molar-refractivity contribution >= 4 is 17.9 Å². The highest BCUT2D eigenvalue weighted by Crippen LogP contribution is 2.16. The first-order valence-corrected chi connectivity index (χ1v) is 7.89. The van der Waals surface area contributed by atoms with Crippen LogP contribution in [0.1, 0.15) is 38.7 Å². The summed E-state index contributed by atoms with van der Waals surface area (Å²) in [4.78, 5) is 26.0. The lowest BCUT2D eigenvalue weighted by molar-refractivity contribution is -0.129. The Morgan fingerprint density at radius 1 is 1.32 bits per heavy atom. The fourth-order valence-corrected chi connectivity index (χ4v) is 2.62. The molecule has 4 nitrogen and oxygen atoms in total. The normalized spacial score (nSPS) is 18.1. The second-order valence-corrected chi connectivity index (χ2v) is 6.10. The molecule has 1 aliphatic heterocycles. The summed E-state index contributed by atoms with van der Waals surface area (Å²) in [5.74, 6) is 0.298. The Bertz CT molecular complexity index is 537. The lowest BCUT2D eigenvalue weighted by Crippen LogP contribution is -2.46. The van der Waals surface area contributed by atoms with E-state index >= 15 is 0 Å². The SMILES string of the molecule is CC(C)CC(=O)N[C@@H]1CCCN1C(=O)/C=C/c1ccccc1. The van der Waals surface area contributed by atoms with Gasteiger partial charge in [0.05, 0.1) is 0 Å². The summed E-state index contributed by atoms with van der Waals surface area (Å²) in [5.41, 5.74) is 0.996. The summed E-state index contributed by atoms with van der Waals surface area (Å²) >= 11 is 0. The maximum Gasteiger partial charge on any atom is 0.248 e. The molecule has 1 fully saturated rings. The Morgan fingerprint density at radius 2 is 2.05 bits per heavy atom. The van der Waals surface area contributed by atoms with Crippen molar-refractivity contribution in [2.24, 2.45) is 5.92 Å². The van der Waals surface area contributed by atoms with E-state index in [1.807, 2.05) is 50.3 Å². The van der Waals surface area contributed by atoms with E-state index in [1.54, 1.807) is 11.0 Å². The zero-order valence-corrected chi connectivity index (χ0v) is 13.3. The standard InChI is InChI=1S/C18H24N2O2/c1-14(2)13-17(21)19-16-9-6-12-20(16)18(22)11-10-15-7-4-3-5-8-15/h3-5,7-8,10-11,14,16H,6,9,12-13H2,1-2H3,(H,19,21)/b11-10+/t16-/m0/s1. The number of hydrogen-bond acceptors (Lipinski definition) is 2. The number of carbonyl (C=O) groups is 2. The van der Waals surface area contributed by atoms with Crippen molar-refractivity contribution in [1.29, 1.82) is 0 Å². The lowest BCUT2D eigenvalue weighted by Gasteiger charge is -2.24. The van der Waals surface area contributed by atoms with Crippen LogP contribution in [0, 0.1) is 5.92 Å². The minimum absolute atomic E-state index is 0.0201. The van der Waals surface area contributed by atoms with E-state index in [9.17, 15) is 9.59 Å². The number of likely N-dealkylation sites (tertiary alicyclic amines) is 1. The van der Waals surface area contributed by atoms with Gasteiger partial charge in [-0.05, 0) is 30.4 Å². The van der Waals surface area contributed by atoms with Crippen molar-refractivity contribution < 1.29 is 9.59 Å². The highest BCUT2D eigenvalue weighted by atomic mass is 16.2. The van der Waals surface area contributed by atoms with Gasteiger partial charge >= 0.3 is 0 Å². The van der Waals surface area contributed by atoms with Crippen LogP contribution in [0.15, 0.2) is 36.4 Å². The zero-order valence-electron chi connectivity index (χ0n) is 13.3. The van der Waals surface area contributed by atoms with Crippen LogP contribution in [0.25, 0.3) is 6.08 Å². The molecule has 1 atom stereocenters. The second kappa shape index (κ2) is 7.78. The van der Waals surface area contributed by atoms with Crippen molar-refractivity contribution in [3.05, 3.63) is 42.0 Å². The molecule has 1 N–H and O–H groups in total. The van der Waals surface area contributed by atoms with E-state index in [2.05, 4.69) is 5.32 Å². The molecule has 0 aliphatic carbocycles. The number of hydrogen-bond donors (Lipinski definition) is 1. The van der Waals surface area contributed by atoms with Crippen LogP contribution in [0.4, 0.5) is 0 Å². The van der Waals surface area contributed by atoms with Crippen molar-refractivity contribution in [2.45, 2.75) is 39.3 Å². The molecule has 0 unspecified atom stereocenters. The largest absolute Gasteiger partial charge is 0.336 e.